The third kappa shape index (κ3) is 1.27. The minimum absolute atomic E-state index is 0.0741. The molecule has 1 heterocycles. The first kappa shape index (κ1) is 9.14. The van der Waals surface area contributed by atoms with E-state index in [1.165, 1.54) is 6.07 Å². The van der Waals surface area contributed by atoms with E-state index < -0.39 is 21.0 Å². The van der Waals surface area contributed by atoms with Crippen molar-refractivity contribution in [1.82, 2.24) is 5.32 Å². The van der Waals surface area contributed by atoms with E-state index in [9.17, 15) is 17.1 Å². The van der Waals surface area contributed by atoms with Crippen LogP contribution in [-0.4, -0.2) is 14.3 Å². The molecule has 0 radical (unpaired) electrons. The zero-order valence-electron chi connectivity index (χ0n) is 6.95. The SMILES string of the molecule is O=C1NCc2cccc(S(=O)(=O)F)c21. The summed E-state index contributed by atoms with van der Waals surface area (Å²) in [5, 5.41) is 2.43. The fourth-order valence-electron chi connectivity index (χ4n) is 1.45. The second-order valence-corrected chi connectivity index (χ2v) is 4.23. The van der Waals surface area contributed by atoms with Gasteiger partial charge in [-0.2, -0.15) is 8.42 Å². The zero-order valence-corrected chi connectivity index (χ0v) is 7.77. The van der Waals surface area contributed by atoms with Gasteiger partial charge in [-0.05, 0) is 11.6 Å². The van der Waals surface area contributed by atoms with Crippen LogP contribution < -0.4 is 5.32 Å². The summed E-state index contributed by atoms with van der Waals surface area (Å²) in [7, 11) is -4.82. The van der Waals surface area contributed by atoms with E-state index in [4.69, 9.17) is 0 Å². The molecule has 0 aliphatic carbocycles. The molecule has 0 spiro atoms. The van der Waals surface area contributed by atoms with Crippen LogP contribution in [0.4, 0.5) is 3.89 Å². The predicted octanol–water partition coefficient (Wildman–Crippen LogP) is 0.588. The summed E-state index contributed by atoms with van der Waals surface area (Å²) in [6.45, 7) is 0.248. The standard InChI is InChI=1S/C8H6FNO3S/c9-14(12,13)6-3-1-2-5-4-10-8(11)7(5)6/h1-3H,4H2,(H,10,11). The number of fused-ring (bicyclic) bond motifs is 1. The number of halogens is 1. The van der Waals surface area contributed by atoms with E-state index in [1.807, 2.05) is 0 Å². The Morgan fingerprint density at radius 2 is 2.07 bits per heavy atom. The molecule has 1 N–H and O–H groups in total. The molecule has 74 valence electrons. The van der Waals surface area contributed by atoms with Gasteiger partial charge in [0.15, 0.2) is 0 Å². The average molecular weight is 215 g/mol. The normalized spacial score (nSPS) is 15.1. The van der Waals surface area contributed by atoms with Crippen LogP contribution in [-0.2, 0) is 16.8 Å². The van der Waals surface area contributed by atoms with Gasteiger partial charge in [0.25, 0.3) is 5.91 Å². The molecule has 0 bridgehead atoms. The van der Waals surface area contributed by atoms with Gasteiger partial charge in [-0.1, -0.05) is 12.1 Å². The number of carbonyl (C=O) groups is 1. The molecule has 0 saturated carbocycles. The van der Waals surface area contributed by atoms with Crippen molar-refractivity contribution in [3.8, 4) is 0 Å². The van der Waals surface area contributed by atoms with Gasteiger partial charge >= 0.3 is 10.2 Å². The maximum atomic E-state index is 12.7. The summed E-state index contributed by atoms with van der Waals surface area (Å²) in [6, 6.07) is 4.08. The molecule has 0 unspecified atom stereocenters. The topological polar surface area (TPSA) is 63.2 Å². The largest absolute Gasteiger partial charge is 0.348 e. The van der Waals surface area contributed by atoms with Gasteiger partial charge in [0.1, 0.15) is 4.90 Å². The highest BCUT2D eigenvalue weighted by molar-refractivity contribution is 7.86. The minimum Gasteiger partial charge on any atom is -0.348 e. The first-order valence-corrected chi connectivity index (χ1v) is 5.23. The van der Waals surface area contributed by atoms with Crippen LogP contribution >= 0.6 is 0 Å². The number of hydrogen-bond acceptors (Lipinski definition) is 3. The van der Waals surface area contributed by atoms with E-state index in [2.05, 4.69) is 5.32 Å². The number of amides is 1. The van der Waals surface area contributed by atoms with Crippen molar-refractivity contribution in [3.63, 3.8) is 0 Å². The van der Waals surface area contributed by atoms with Gasteiger partial charge in [0.05, 0.1) is 5.56 Å². The van der Waals surface area contributed by atoms with Crippen molar-refractivity contribution in [2.45, 2.75) is 11.4 Å². The molecule has 1 aliphatic heterocycles. The summed E-state index contributed by atoms with van der Waals surface area (Å²) in [5.41, 5.74) is 0.434. The molecule has 1 amide bonds. The van der Waals surface area contributed by atoms with Gasteiger partial charge in [0, 0.05) is 6.54 Å². The lowest BCUT2D eigenvalue weighted by Crippen LogP contribution is -2.14. The summed E-state index contributed by atoms with van der Waals surface area (Å²) >= 11 is 0. The smallest absolute Gasteiger partial charge is 0.332 e. The van der Waals surface area contributed by atoms with E-state index >= 15 is 0 Å². The summed E-state index contributed by atoms with van der Waals surface area (Å²) in [6.07, 6.45) is 0. The Kier molecular flexibility index (Phi) is 1.81. The first-order valence-electron chi connectivity index (χ1n) is 3.85. The van der Waals surface area contributed by atoms with E-state index in [0.29, 0.717) is 5.56 Å². The van der Waals surface area contributed by atoms with Crippen molar-refractivity contribution in [1.29, 1.82) is 0 Å². The highest BCUT2D eigenvalue weighted by atomic mass is 32.3. The van der Waals surface area contributed by atoms with Crippen molar-refractivity contribution in [2.24, 2.45) is 0 Å². The summed E-state index contributed by atoms with van der Waals surface area (Å²) in [5.74, 6) is -0.545. The molecule has 14 heavy (non-hydrogen) atoms. The van der Waals surface area contributed by atoms with Crippen LogP contribution in [0.3, 0.4) is 0 Å². The van der Waals surface area contributed by atoms with Crippen molar-refractivity contribution in [2.75, 3.05) is 0 Å². The predicted molar refractivity (Wildman–Crippen MR) is 45.9 cm³/mol. The van der Waals surface area contributed by atoms with Gasteiger partial charge in [0.2, 0.25) is 0 Å². The van der Waals surface area contributed by atoms with Gasteiger partial charge in [-0.3, -0.25) is 4.79 Å². The highest BCUT2D eigenvalue weighted by Gasteiger charge is 2.28. The van der Waals surface area contributed by atoms with E-state index in [1.54, 1.807) is 6.07 Å². The number of nitrogens with one attached hydrogen (secondary N) is 1. The number of rotatable bonds is 1. The fraction of sp³-hybridized carbons (Fsp3) is 0.125. The van der Waals surface area contributed by atoms with Crippen LogP contribution in [0.2, 0.25) is 0 Å². The Hall–Kier alpha value is -1.43. The molecule has 0 saturated heterocycles. The third-order valence-corrected chi connectivity index (χ3v) is 2.91. The number of hydrogen-bond donors (Lipinski definition) is 1. The lowest BCUT2D eigenvalue weighted by Gasteiger charge is -2.00. The van der Waals surface area contributed by atoms with Gasteiger partial charge in [-0.15, -0.1) is 3.89 Å². The Bertz CT molecular complexity index is 509. The molecule has 4 nitrogen and oxygen atoms in total. The molecule has 0 atom stereocenters. The lowest BCUT2D eigenvalue weighted by atomic mass is 10.1. The second kappa shape index (κ2) is 2.78. The van der Waals surface area contributed by atoms with Crippen molar-refractivity contribution < 1.29 is 17.1 Å². The van der Waals surface area contributed by atoms with Gasteiger partial charge in [-0.25, -0.2) is 0 Å². The van der Waals surface area contributed by atoms with Crippen molar-refractivity contribution >= 4 is 16.1 Å². The molecule has 1 aromatic carbocycles. The Morgan fingerprint density at radius 3 is 2.71 bits per heavy atom. The van der Waals surface area contributed by atoms with Crippen LogP contribution in [0, 0.1) is 0 Å². The molecule has 0 fully saturated rings. The van der Waals surface area contributed by atoms with E-state index in [0.717, 1.165) is 6.07 Å². The first-order chi connectivity index (χ1) is 6.50. The molecule has 1 aliphatic rings. The number of benzene rings is 1. The van der Waals surface area contributed by atoms with Crippen LogP contribution in [0.25, 0.3) is 0 Å². The molecule has 2 rings (SSSR count). The molecule has 1 aromatic rings. The van der Waals surface area contributed by atoms with Crippen LogP contribution in [0.1, 0.15) is 15.9 Å². The molecular formula is C8H6FNO3S. The number of carbonyl (C=O) groups excluding carboxylic acids is 1. The monoisotopic (exact) mass is 215 g/mol. The Balaban J connectivity index is 2.76. The van der Waals surface area contributed by atoms with Gasteiger partial charge < -0.3 is 5.32 Å². The zero-order chi connectivity index (χ0) is 10.3. The minimum atomic E-state index is -4.82. The average Bonchev–Trinajstić information content (AvgIpc) is 2.46. The second-order valence-electron chi connectivity index (χ2n) is 2.91. The third-order valence-electron chi connectivity index (χ3n) is 2.04. The maximum absolute atomic E-state index is 12.7. The molecule has 6 heteroatoms. The van der Waals surface area contributed by atoms with Crippen molar-refractivity contribution in [3.05, 3.63) is 29.3 Å². The highest BCUT2D eigenvalue weighted by Crippen LogP contribution is 2.24. The Morgan fingerprint density at radius 1 is 1.36 bits per heavy atom. The Labute approximate surface area is 80.0 Å². The lowest BCUT2D eigenvalue weighted by molar-refractivity contribution is 0.0963. The maximum Gasteiger partial charge on any atom is 0.332 e. The fourth-order valence-corrected chi connectivity index (χ4v) is 2.16. The molecular weight excluding hydrogens is 209 g/mol. The van der Waals surface area contributed by atoms with E-state index in [-0.39, 0.29) is 12.1 Å². The quantitative estimate of drug-likeness (QED) is 0.697. The van der Waals surface area contributed by atoms with Crippen LogP contribution in [0.5, 0.6) is 0 Å². The molecule has 0 aromatic heterocycles. The van der Waals surface area contributed by atoms with Crippen LogP contribution in [0.15, 0.2) is 23.1 Å². The summed E-state index contributed by atoms with van der Waals surface area (Å²) < 4.78 is 34.1. The summed E-state index contributed by atoms with van der Waals surface area (Å²) in [4.78, 5) is 10.6.